The smallest absolute Gasteiger partial charge is 0.242 e. The number of benzene rings is 2. The fourth-order valence-electron chi connectivity index (χ4n) is 4.15. The maximum atomic E-state index is 13.6. The molecule has 0 bridgehead atoms. The number of nitrogens with zero attached hydrogens (tertiary/aromatic N) is 2. The number of amides is 2. The van der Waals surface area contributed by atoms with Gasteiger partial charge in [0.25, 0.3) is 0 Å². The van der Waals surface area contributed by atoms with E-state index in [9.17, 15) is 9.59 Å². The van der Waals surface area contributed by atoms with Crippen molar-refractivity contribution in [2.45, 2.75) is 52.1 Å². The molecule has 198 valence electrons. The second kappa shape index (κ2) is 13.0. The average molecular weight is 507 g/mol. The summed E-state index contributed by atoms with van der Waals surface area (Å²) in [5.41, 5.74) is 1.62. The van der Waals surface area contributed by atoms with Crippen LogP contribution in [0.4, 0.5) is 0 Å². The van der Waals surface area contributed by atoms with E-state index in [1.165, 1.54) is 0 Å². The molecular weight excluding hydrogens is 468 g/mol. The van der Waals surface area contributed by atoms with Crippen molar-refractivity contribution in [2.24, 2.45) is 0 Å². The first-order chi connectivity index (χ1) is 17.7. The third kappa shape index (κ3) is 8.13. The van der Waals surface area contributed by atoms with Crippen molar-refractivity contribution in [3.05, 3.63) is 83.8 Å². The summed E-state index contributed by atoms with van der Waals surface area (Å²) in [6.45, 7) is 6.67. The fraction of sp³-hybridized carbons (Fsp3) is 0.400. The molecular formula is C30H38N2O5. The Labute approximate surface area is 220 Å². The van der Waals surface area contributed by atoms with Crippen molar-refractivity contribution in [1.29, 1.82) is 0 Å². The van der Waals surface area contributed by atoms with Gasteiger partial charge in [-0.2, -0.15) is 0 Å². The lowest BCUT2D eigenvalue weighted by atomic mass is 10.0. The number of hydrogen-bond acceptors (Lipinski definition) is 5. The molecule has 7 nitrogen and oxygen atoms in total. The van der Waals surface area contributed by atoms with E-state index in [0.717, 1.165) is 11.1 Å². The summed E-state index contributed by atoms with van der Waals surface area (Å²) in [5.74, 6) is 1.83. The van der Waals surface area contributed by atoms with Crippen LogP contribution in [0.15, 0.2) is 71.3 Å². The summed E-state index contributed by atoms with van der Waals surface area (Å²) in [7, 11) is 3.20. The van der Waals surface area contributed by atoms with E-state index in [0.29, 0.717) is 49.6 Å². The quantitative estimate of drug-likeness (QED) is 0.341. The number of ether oxygens (including phenoxy) is 2. The van der Waals surface area contributed by atoms with Gasteiger partial charge in [-0.25, -0.2) is 0 Å². The number of rotatable bonds is 12. The molecule has 37 heavy (non-hydrogen) atoms. The molecule has 3 rings (SSSR count). The maximum absolute atomic E-state index is 13.6. The van der Waals surface area contributed by atoms with Crippen molar-refractivity contribution in [3.8, 4) is 11.5 Å². The summed E-state index contributed by atoms with van der Waals surface area (Å²) >= 11 is 0. The van der Waals surface area contributed by atoms with E-state index in [2.05, 4.69) is 0 Å². The molecule has 2 amide bonds. The van der Waals surface area contributed by atoms with Crippen molar-refractivity contribution < 1.29 is 23.5 Å². The zero-order chi connectivity index (χ0) is 26.8. The standard InChI is InChI=1S/C30H38N2O5/c1-30(2,3)32(28(33)16-14-23-10-7-6-8-11-23)22-29(34)31(21-25-12-9-19-37-25)18-17-24-13-15-26(35-4)27(20-24)36-5/h6-13,15,19-20H,14,16-18,21-22H2,1-5H3. The number of furan rings is 1. The fourth-order valence-corrected chi connectivity index (χ4v) is 4.15. The summed E-state index contributed by atoms with van der Waals surface area (Å²) in [5, 5.41) is 0. The summed E-state index contributed by atoms with van der Waals surface area (Å²) < 4.78 is 16.3. The van der Waals surface area contributed by atoms with E-state index in [1.54, 1.807) is 36.3 Å². The van der Waals surface area contributed by atoms with Crippen LogP contribution in [-0.2, 0) is 29.0 Å². The van der Waals surface area contributed by atoms with Gasteiger partial charge in [0.05, 0.1) is 27.0 Å². The Morgan fingerprint density at radius 3 is 2.19 bits per heavy atom. The molecule has 0 unspecified atom stereocenters. The van der Waals surface area contributed by atoms with Crippen LogP contribution in [-0.4, -0.2) is 54.5 Å². The predicted molar refractivity (Wildman–Crippen MR) is 144 cm³/mol. The lowest BCUT2D eigenvalue weighted by Crippen LogP contribution is -2.51. The zero-order valence-electron chi connectivity index (χ0n) is 22.5. The Bertz CT molecular complexity index is 1140. The highest BCUT2D eigenvalue weighted by molar-refractivity contribution is 5.85. The van der Waals surface area contributed by atoms with Crippen LogP contribution in [0, 0.1) is 0 Å². The lowest BCUT2D eigenvalue weighted by molar-refractivity contribution is -0.145. The van der Waals surface area contributed by atoms with Gasteiger partial charge < -0.3 is 23.7 Å². The van der Waals surface area contributed by atoms with Crippen LogP contribution in [0.3, 0.4) is 0 Å². The first-order valence-corrected chi connectivity index (χ1v) is 12.6. The molecule has 7 heteroatoms. The Hall–Kier alpha value is -3.74. The average Bonchev–Trinajstić information content (AvgIpc) is 3.41. The van der Waals surface area contributed by atoms with Gasteiger partial charge in [0.2, 0.25) is 11.8 Å². The van der Waals surface area contributed by atoms with Gasteiger partial charge in [-0.1, -0.05) is 36.4 Å². The molecule has 2 aromatic carbocycles. The molecule has 0 aliphatic carbocycles. The van der Waals surface area contributed by atoms with Gasteiger partial charge in [-0.3, -0.25) is 9.59 Å². The molecule has 0 fully saturated rings. The monoisotopic (exact) mass is 506 g/mol. The molecule has 3 aromatic rings. The van der Waals surface area contributed by atoms with Gasteiger partial charge >= 0.3 is 0 Å². The number of methoxy groups -OCH3 is 2. The second-order valence-electron chi connectivity index (χ2n) is 9.97. The van der Waals surface area contributed by atoms with Crippen LogP contribution in [0.2, 0.25) is 0 Å². The van der Waals surface area contributed by atoms with Gasteiger partial charge in [0.1, 0.15) is 12.3 Å². The first kappa shape index (κ1) is 27.8. The molecule has 0 aliphatic rings. The van der Waals surface area contributed by atoms with E-state index in [-0.39, 0.29) is 18.4 Å². The Balaban J connectivity index is 1.72. The zero-order valence-corrected chi connectivity index (χ0v) is 22.5. The van der Waals surface area contributed by atoms with Gasteiger partial charge in [0, 0.05) is 18.5 Å². The molecule has 0 saturated heterocycles. The summed E-state index contributed by atoms with van der Waals surface area (Å²) in [4.78, 5) is 30.3. The van der Waals surface area contributed by atoms with E-state index >= 15 is 0 Å². The number of carbonyl (C=O) groups is 2. The molecule has 0 aliphatic heterocycles. The lowest BCUT2D eigenvalue weighted by Gasteiger charge is -2.37. The minimum atomic E-state index is -0.497. The summed E-state index contributed by atoms with van der Waals surface area (Å²) in [6.07, 6.45) is 3.19. The normalized spacial score (nSPS) is 11.2. The highest BCUT2D eigenvalue weighted by atomic mass is 16.5. The van der Waals surface area contributed by atoms with Crippen molar-refractivity contribution in [2.75, 3.05) is 27.3 Å². The van der Waals surface area contributed by atoms with Crippen LogP contribution < -0.4 is 9.47 Å². The highest BCUT2D eigenvalue weighted by Crippen LogP contribution is 2.28. The largest absolute Gasteiger partial charge is 0.493 e. The molecule has 0 spiro atoms. The number of aryl methyl sites for hydroxylation is 1. The Kier molecular flexibility index (Phi) is 9.78. The van der Waals surface area contributed by atoms with E-state index < -0.39 is 5.54 Å². The molecule has 1 heterocycles. The summed E-state index contributed by atoms with van der Waals surface area (Å²) in [6, 6.07) is 19.3. The third-order valence-electron chi connectivity index (χ3n) is 6.27. The maximum Gasteiger partial charge on any atom is 0.242 e. The van der Waals surface area contributed by atoms with Crippen LogP contribution in [0.1, 0.15) is 44.1 Å². The van der Waals surface area contributed by atoms with E-state index in [4.69, 9.17) is 13.9 Å². The Morgan fingerprint density at radius 1 is 0.838 bits per heavy atom. The predicted octanol–water partition coefficient (Wildman–Crippen LogP) is 5.13. The second-order valence-corrected chi connectivity index (χ2v) is 9.97. The van der Waals surface area contributed by atoms with Crippen molar-refractivity contribution in [3.63, 3.8) is 0 Å². The molecule has 1 aromatic heterocycles. The van der Waals surface area contributed by atoms with Gasteiger partial charge in [-0.15, -0.1) is 0 Å². The van der Waals surface area contributed by atoms with Crippen molar-refractivity contribution in [1.82, 2.24) is 9.80 Å². The van der Waals surface area contributed by atoms with E-state index in [1.807, 2.05) is 75.4 Å². The van der Waals surface area contributed by atoms with Gasteiger partial charge in [-0.05, 0) is 69.0 Å². The van der Waals surface area contributed by atoms with Gasteiger partial charge in [0.15, 0.2) is 11.5 Å². The van der Waals surface area contributed by atoms with Crippen LogP contribution in [0.25, 0.3) is 0 Å². The third-order valence-corrected chi connectivity index (χ3v) is 6.27. The first-order valence-electron chi connectivity index (χ1n) is 12.6. The minimum absolute atomic E-state index is 0.00374. The SMILES string of the molecule is COc1ccc(CCN(Cc2ccco2)C(=O)CN(C(=O)CCc2ccccc2)C(C)(C)C)cc1OC. The topological polar surface area (TPSA) is 72.2 Å². The number of hydrogen-bond donors (Lipinski definition) is 0. The highest BCUT2D eigenvalue weighted by Gasteiger charge is 2.30. The number of carbonyl (C=O) groups excluding carboxylic acids is 2. The van der Waals surface area contributed by atoms with Crippen molar-refractivity contribution >= 4 is 11.8 Å². The molecule has 0 radical (unpaired) electrons. The molecule has 0 saturated carbocycles. The Morgan fingerprint density at radius 2 is 1.57 bits per heavy atom. The van der Waals surface area contributed by atoms with Crippen LogP contribution >= 0.6 is 0 Å². The van der Waals surface area contributed by atoms with Crippen LogP contribution in [0.5, 0.6) is 11.5 Å². The minimum Gasteiger partial charge on any atom is -0.493 e. The molecule has 0 N–H and O–H groups in total. The molecule has 0 atom stereocenters.